The third-order valence-electron chi connectivity index (χ3n) is 0.0756. The van der Waals surface area contributed by atoms with E-state index in [9.17, 15) is 8.87 Å². The van der Waals surface area contributed by atoms with E-state index in [1.807, 2.05) is 4.95 Å². The normalized spacial score (nSPS) is 4.40. The molecule has 4 heteroatoms. The van der Waals surface area contributed by atoms with Crippen molar-refractivity contribution < 1.29 is 8.87 Å². The molecule has 0 heterocycles. The molecule has 0 unspecified atom stereocenters. The number of halogens is 2. The number of rotatable bonds is 0. The summed E-state index contributed by atoms with van der Waals surface area (Å²) in [7, 11) is 0. The summed E-state index contributed by atoms with van der Waals surface area (Å²) in [4.78, 5) is 2.01. The van der Waals surface area contributed by atoms with Crippen molar-refractivity contribution in [2.45, 2.75) is 0 Å². The number of nitrogens with zero attached hydrogens (tertiary/aromatic N) is 2. The quantitative estimate of drug-likeness (QED) is 0.390. The standard InChI is InChI=1S/CF2N2/c2-1-4-5-3. The summed E-state index contributed by atoms with van der Waals surface area (Å²) in [5, 5.41) is 0. The highest BCUT2D eigenvalue weighted by Crippen LogP contribution is 1.82. The minimum Gasteiger partial charge on any atom is -0.259 e. The van der Waals surface area contributed by atoms with Crippen molar-refractivity contribution >= 4 is 0 Å². The maximum absolute atomic E-state index is 10.2. The molecule has 0 saturated carbocycles. The molecule has 0 rings (SSSR count). The van der Waals surface area contributed by atoms with Gasteiger partial charge in [-0.05, 0) is 4.95 Å². The first-order valence-corrected chi connectivity index (χ1v) is 0.782. The molecule has 2 nitrogen and oxygen atoms in total. The maximum Gasteiger partial charge on any atom is 0.499 e. The van der Waals surface area contributed by atoms with Crippen LogP contribution in [0, 0.1) is 6.32 Å². The number of hydrogen-bond donors (Lipinski definition) is 0. The summed E-state index contributed by atoms with van der Waals surface area (Å²) in [6, 6.07) is 0. The van der Waals surface area contributed by atoms with Gasteiger partial charge in [-0.15, -0.1) is 5.65 Å². The van der Waals surface area contributed by atoms with Crippen LogP contribution < -0.4 is 0 Å². The first kappa shape index (κ1) is 4.15. The molecule has 0 saturated heterocycles. The molecule has 0 aromatic rings. The van der Waals surface area contributed by atoms with Gasteiger partial charge in [-0.1, -0.05) is 4.39 Å². The largest absolute Gasteiger partial charge is 0.499 e. The molecule has 0 fully saturated rings. The Morgan fingerprint density at radius 1 is 1.80 bits per heavy atom. The number of hydrogen-bond acceptors (Lipinski definition) is 0. The second kappa shape index (κ2) is 3.15. The van der Waals surface area contributed by atoms with E-state index in [1.54, 1.807) is 0 Å². The van der Waals surface area contributed by atoms with E-state index in [2.05, 4.69) is 0 Å². The van der Waals surface area contributed by atoms with E-state index in [1.165, 1.54) is 5.65 Å². The topological polar surface area (TPSA) is 18.5 Å². The molecule has 0 aromatic heterocycles. The first-order valence-electron chi connectivity index (χ1n) is 0.782. The second-order valence-corrected chi connectivity index (χ2v) is 0.260. The molecule has 0 amide bonds. The maximum atomic E-state index is 10.2. The van der Waals surface area contributed by atoms with Crippen molar-refractivity contribution in [1.82, 2.24) is 0 Å². The van der Waals surface area contributed by atoms with Gasteiger partial charge in [-0.25, -0.2) is 0 Å². The highest BCUT2D eigenvalue weighted by Gasteiger charge is 1.57. The third-order valence-corrected chi connectivity index (χ3v) is 0.0756. The molecule has 0 N–H and O–H groups in total. The molecule has 0 spiro atoms. The summed E-state index contributed by atoms with van der Waals surface area (Å²) in [5.74, 6) is 0. The van der Waals surface area contributed by atoms with Crippen molar-refractivity contribution in [3.8, 4) is 6.32 Å². The van der Waals surface area contributed by atoms with Crippen LogP contribution in [0.2, 0.25) is 0 Å². The molecule has 0 aliphatic rings. The molecular weight excluding hydrogens is 78.0 g/mol. The van der Waals surface area contributed by atoms with Crippen LogP contribution in [0.4, 0.5) is 8.87 Å². The van der Waals surface area contributed by atoms with Crippen molar-refractivity contribution in [1.29, 1.82) is 0 Å². The van der Waals surface area contributed by atoms with Gasteiger partial charge in [0.25, 0.3) is 0 Å². The second-order valence-electron chi connectivity index (χ2n) is 0.260. The fraction of sp³-hybridized carbons (Fsp3) is 0. The van der Waals surface area contributed by atoms with E-state index in [-0.39, 0.29) is 0 Å². The lowest BCUT2D eigenvalue weighted by Crippen LogP contribution is -1.26. The van der Waals surface area contributed by atoms with Gasteiger partial charge in [0.1, 0.15) is 0 Å². The van der Waals surface area contributed by atoms with Crippen LogP contribution in [-0.2, 0) is 0 Å². The summed E-state index contributed by atoms with van der Waals surface area (Å²) >= 11 is 0. The molecule has 0 bridgehead atoms. The third kappa shape index (κ3) is 3.15. The summed E-state index contributed by atoms with van der Waals surface area (Å²) in [5.41, 5.74) is 1.49. The van der Waals surface area contributed by atoms with Gasteiger partial charge >= 0.3 is 6.32 Å². The monoisotopic (exact) mass is 78.0 g/mol. The summed E-state index contributed by atoms with van der Waals surface area (Å²) in [6.45, 7) is 0. The van der Waals surface area contributed by atoms with Crippen LogP contribution in [0.1, 0.15) is 0 Å². The molecule has 28 valence electrons. The Morgan fingerprint density at radius 3 is 2.40 bits per heavy atom. The molecule has 5 heavy (non-hydrogen) atoms. The van der Waals surface area contributed by atoms with Crippen molar-refractivity contribution in [2.24, 2.45) is 0 Å². The fourth-order valence-corrected chi connectivity index (χ4v) is 0.0143. The van der Waals surface area contributed by atoms with E-state index in [0.717, 1.165) is 0 Å². The molecule has 0 radical (unpaired) electrons. The lowest BCUT2D eigenvalue weighted by Gasteiger charge is -1.61. The predicted octanol–water partition coefficient (Wildman–Crippen LogP) is 1.42. The van der Waals surface area contributed by atoms with Crippen LogP contribution in [0.5, 0.6) is 0 Å². The lowest BCUT2D eigenvalue weighted by molar-refractivity contribution is 0.667. The van der Waals surface area contributed by atoms with Gasteiger partial charge in [0.2, 0.25) is 0 Å². The zero-order valence-electron chi connectivity index (χ0n) is 2.15. The Hall–Kier alpha value is -0.850. The molecule has 0 aliphatic carbocycles. The van der Waals surface area contributed by atoms with Crippen LogP contribution in [0.15, 0.2) is 0 Å². The van der Waals surface area contributed by atoms with Crippen LogP contribution in [0.3, 0.4) is 0 Å². The molecular formula is CF2N2. The Labute approximate surface area is 27.1 Å². The Kier molecular flexibility index (Phi) is 2.61. The summed E-state index contributed by atoms with van der Waals surface area (Å²) in [6.07, 6.45) is 0.601. The van der Waals surface area contributed by atoms with Crippen molar-refractivity contribution in [3.63, 3.8) is 0 Å². The van der Waals surface area contributed by atoms with E-state index in [4.69, 9.17) is 0 Å². The van der Waals surface area contributed by atoms with Crippen LogP contribution in [-0.4, -0.2) is 0 Å². The predicted molar refractivity (Wildman–Crippen MR) is 12.8 cm³/mol. The first-order chi connectivity index (χ1) is 2.41. The van der Waals surface area contributed by atoms with E-state index >= 15 is 0 Å². The van der Waals surface area contributed by atoms with Gasteiger partial charge in [-0.2, -0.15) is 0 Å². The summed E-state index contributed by atoms with van der Waals surface area (Å²) < 4.78 is 20.4. The minimum atomic E-state index is 0.601. The Morgan fingerprint density at radius 2 is 2.40 bits per heavy atom. The van der Waals surface area contributed by atoms with Crippen molar-refractivity contribution in [3.05, 3.63) is 10.6 Å². The average molecular weight is 78.0 g/mol. The average Bonchev–Trinajstić information content (AvgIpc) is 1.41. The van der Waals surface area contributed by atoms with E-state index < -0.39 is 0 Å². The smallest absolute Gasteiger partial charge is 0.259 e. The van der Waals surface area contributed by atoms with Crippen LogP contribution >= 0.6 is 0 Å². The van der Waals surface area contributed by atoms with Gasteiger partial charge in [-0.3, -0.25) is 4.48 Å². The van der Waals surface area contributed by atoms with Gasteiger partial charge < -0.3 is 0 Å². The SMILES string of the molecule is FC#[N+][N-]F. The fourth-order valence-electron chi connectivity index (χ4n) is 0.0143. The van der Waals surface area contributed by atoms with Gasteiger partial charge in [0.05, 0.1) is 0 Å². The molecule has 0 aliphatic heterocycles. The lowest BCUT2D eigenvalue weighted by atomic mass is 11.7. The Balaban J connectivity index is 2.81. The van der Waals surface area contributed by atoms with Crippen LogP contribution in [0.25, 0.3) is 10.6 Å². The Bertz CT molecular complexity index is 59.8. The van der Waals surface area contributed by atoms with Crippen molar-refractivity contribution in [2.75, 3.05) is 0 Å². The molecule has 0 aromatic carbocycles. The van der Waals surface area contributed by atoms with Gasteiger partial charge in [0.15, 0.2) is 0 Å². The van der Waals surface area contributed by atoms with E-state index in [0.29, 0.717) is 6.32 Å². The highest BCUT2D eigenvalue weighted by atomic mass is 19.2. The minimum absolute atomic E-state index is 0.601. The molecule has 0 atom stereocenters. The highest BCUT2D eigenvalue weighted by molar-refractivity contribution is 4.78. The van der Waals surface area contributed by atoms with Gasteiger partial charge in [0, 0.05) is 0 Å². The zero-order valence-corrected chi connectivity index (χ0v) is 2.15. The zero-order chi connectivity index (χ0) is 4.12.